The molecule has 0 aliphatic rings. The molecule has 0 N–H and O–H groups in total. The minimum Gasteiger partial charge on any atom is -0.343 e. The Bertz CT molecular complexity index is 78.9. The van der Waals surface area contributed by atoms with E-state index in [0.29, 0.717) is 5.92 Å². The molecule has 0 aromatic rings. The van der Waals surface area contributed by atoms with Crippen molar-refractivity contribution in [2.45, 2.75) is 33.6 Å². The minimum atomic E-state index is 0. The molecule has 0 fully saturated rings. The van der Waals surface area contributed by atoms with Crippen LogP contribution < -0.4 is 0 Å². The summed E-state index contributed by atoms with van der Waals surface area (Å²) in [5.74, 6) is 2.09. The summed E-state index contributed by atoms with van der Waals surface area (Å²) in [6, 6.07) is 0. The SMILES string of the molecule is [CH2-]CCC([CH2-])C(C)C(C)C.[W+2]. The van der Waals surface area contributed by atoms with Crippen LogP contribution in [0.25, 0.3) is 0 Å². The maximum absolute atomic E-state index is 4.11. The predicted octanol–water partition coefficient (Wildman–Crippen LogP) is 3.34. The van der Waals surface area contributed by atoms with E-state index in [0.717, 1.165) is 18.3 Å². The summed E-state index contributed by atoms with van der Waals surface area (Å²) >= 11 is 0. The molecule has 0 heterocycles. The molecule has 0 saturated heterocycles. The van der Waals surface area contributed by atoms with E-state index in [1.54, 1.807) is 0 Å². The van der Waals surface area contributed by atoms with E-state index in [2.05, 4.69) is 34.6 Å². The van der Waals surface area contributed by atoms with E-state index >= 15 is 0 Å². The maximum atomic E-state index is 4.11. The van der Waals surface area contributed by atoms with Crippen molar-refractivity contribution >= 4 is 0 Å². The van der Waals surface area contributed by atoms with E-state index < -0.39 is 0 Å². The summed E-state index contributed by atoms with van der Waals surface area (Å²) in [5.41, 5.74) is 0. The zero-order valence-corrected chi connectivity index (χ0v) is 10.9. The normalized spacial score (nSPS) is 15.8. The summed E-state index contributed by atoms with van der Waals surface area (Å²) < 4.78 is 0. The average molecular weight is 324 g/mol. The number of hydrogen-bond acceptors (Lipinski definition) is 0. The van der Waals surface area contributed by atoms with Crippen LogP contribution in [0.1, 0.15) is 33.6 Å². The fraction of sp³-hybridized carbons (Fsp3) is 0.800. The van der Waals surface area contributed by atoms with E-state index in [4.69, 9.17) is 0 Å². The van der Waals surface area contributed by atoms with Gasteiger partial charge in [-0.05, 0) is 5.92 Å². The average Bonchev–Trinajstić information content (AvgIpc) is 1.87. The van der Waals surface area contributed by atoms with Crippen molar-refractivity contribution in [1.29, 1.82) is 0 Å². The summed E-state index contributed by atoms with van der Waals surface area (Å²) in [4.78, 5) is 0. The first-order valence-corrected chi connectivity index (χ1v) is 4.22. The standard InChI is InChI=1S/C10H20.W/c1-6-7-9(4)10(5)8(2)3;/h8-10H,1,4,6-7H2,2-3,5H3;/q-2;+2. The van der Waals surface area contributed by atoms with Gasteiger partial charge in [0.05, 0.1) is 0 Å². The van der Waals surface area contributed by atoms with Crippen molar-refractivity contribution in [2.75, 3.05) is 0 Å². The van der Waals surface area contributed by atoms with Gasteiger partial charge in [-0.15, -0.1) is 6.42 Å². The molecular formula is C10H20W. The van der Waals surface area contributed by atoms with Gasteiger partial charge in [0, 0.05) is 0 Å². The van der Waals surface area contributed by atoms with Gasteiger partial charge in [-0.2, -0.15) is 12.3 Å². The Morgan fingerprint density at radius 1 is 1.18 bits per heavy atom. The molecule has 0 radical (unpaired) electrons. The fourth-order valence-electron chi connectivity index (χ4n) is 1.07. The molecule has 66 valence electrons. The summed E-state index contributed by atoms with van der Waals surface area (Å²) in [6.45, 7) is 14.7. The molecule has 0 saturated carbocycles. The van der Waals surface area contributed by atoms with E-state index in [1.807, 2.05) is 0 Å². The topological polar surface area (TPSA) is 0 Å². The Morgan fingerprint density at radius 3 is 1.91 bits per heavy atom. The monoisotopic (exact) mass is 324 g/mol. The molecule has 0 aliphatic carbocycles. The third kappa shape index (κ3) is 5.91. The first-order chi connectivity index (χ1) is 4.59. The van der Waals surface area contributed by atoms with Gasteiger partial charge in [0.2, 0.25) is 0 Å². The second-order valence-corrected chi connectivity index (χ2v) is 3.51. The smallest absolute Gasteiger partial charge is 0.343 e. The van der Waals surface area contributed by atoms with Crippen LogP contribution in [0.2, 0.25) is 0 Å². The summed E-state index contributed by atoms with van der Waals surface area (Å²) in [7, 11) is 0. The van der Waals surface area contributed by atoms with Gasteiger partial charge in [-0.25, -0.2) is 0 Å². The van der Waals surface area contributed by atoms with Crippen LogP contribution in [-0.2, 0) is 21.1 Å². The van der Waals surface area contributed by atoms with E-state index in [-0.39, 0.29) is 21.1 Å². The minimum absolute atomic E-state index is 0. The quantitative estimate of drug-likeness (QED) is 0.696. The van der Waals surface area contributed by atoms with Gasteiger partial charge in [-0.1, -0.05) is 26.7 Å². The molecule has 0 rings (SSSR count). The molecular weight excluding hydrogens is 304 g/mol. The molecule has 0 aliphatic heterocycles. The molecule has 2 atom stereocenters. The van der Waals surface area contributed by atoms with E-state index in [1.165, 1.54) is 6.42 Å². The summed E-state index contributed by atoms with van der Waals surface area (Å²) in [6.07, 6.45) is 2.19. The molecule has 0 bridgehead atoms. The van der Waals surface area contributed by atoms with Crippen molar-refractivity contribution in [3.05, 3.63) is 13.8 Å². The van der Waals surface area contributed by atoms with Crippen LogP contribution in [0.5, 0.6) is 0 Å². The molecule has 11 heavy (non-hydrogen) atoms. The van der Waals surface area contributed by atoms with Gasteiger partial charge in [0.1, 0.15) is 0 Å². The Balaban J connectivity index is 0. The molecule has 0 nitrogen and oxygen atoms in total. The van der Waals surface area contributed by atoms with Crippen LogP contribution in [0.4, 0.5) is 0 Å². The molecule has 0 aromatic heterocycles. The maximum Gasteiger partial charge on any atom is 2.00 e. The first-order valence-electron chi connectivity index (χ1n) is 4.22. The Labute approximate surface area is 86.4 Å². The van der Waals surface area contributed by atoms with Crippen LogP contribution in [0.15, 0.2) is 0 Å². The summed E-state index contributed by atoms with van der Waals surface area (Å²) in [5, 5.41) is 0. The van der Waals surface area contributed by atoms with Crippen molar-refractivity contribution in [1.82, 2.24) is 0 Å². The predicted molar refractivity (Wildman–Crippen MR) is 47.4 cm³/mol. The van der Waals surface area contributed by atoms with Gasteiger partial charge >= 0.3 is 21.1 Å². The third-order valence-electron chi connectivity index (χ3n) is 2.37. The van der Waals surface area contributed by atoms with Crippen molar-refractivity contribution in [3.63, 3.8) is 0 Å². The molecule has 0 aromatic carbocycles. The van der Waals surface area contributed by atoms with Crippen molar-refractivity contribution in [2.24, 2.45) is 17.8 Å². The second kappa shape index (κ2) is 7.34. The molecule has 1 heteroatoms. The van der Waals surface area contributed by atoms with Gasteiger partial charge in [-0.3, -0.25) is 0 Å². The first kappa shape index (κ1) is 14.2. The van der Waals surface area contributed by atoms with Gasteiger partial charge in [0.15, 0.2) is 0 Å². The van der Waals surface area contributed by atoms with Crippen molar-refractivity contribution in [3.8, 4) is 0 Å². The largest absolute Gasteiger partial charge is 2.00 e. The van der Waals surface area contributed by atoms with Crippen LogP contribution in [0.3, 0.4) is 0 Å². The Hall–Kier alpha value is 0.688. The van der Waals surface area contributed by atoms with Crippen LogP contribution in [-0.4, -0.2) is 0 Å². The van der Waals surface area contributed by atoms with Gasteiger partial charge < -0.3 is 13.8 Å². The fourth-order valence-corrected chi connectivity index (χ4v) is 1.07. The zero-order chi connectivity index (χ0) is 8.15. The molecule has 0 spiro atoms. The Morgan fingerprint density at radius 2 is 1.64 bits per heavy atom. The number of rotatable bonds is 4. The third-order valence-corrected chi connectivity index (χ3v) is 2.37. The second-order valence-electron chi connectivity index (χ2n) is 3.51. The Kier molecular flexibility index (Phi) is 9.50. The number of hydrogen-bond donors (Lipinski definition) is 0. The van der Waals surface area contributed by atoms with Crippen LogP contribution >= 0.6 is 0 Å². The van der Waals surface area contributed by atoms with Crippen LogP contribution in [0, 0.1) is 31.6 Å². The molecule has 2 unspecified atom stereocenters. The van der Waals surface area contributed by atoms with Crippen molar-refractivity contribution < 1.29 is 21.1 Å². The van der Waals surface area contributed by atoms with Gasteiger partial charge in [0.25, 0.3) is 0 Å². The zero-order valence-electron chi connectivity index (χ0n) is 7.97. The van der Waals surface area contributed by atoms with E-state index in [9.17, 15) is 0 Å². The molecule has 0 amide bonds.